The summed E-state index contributed by atoms with van der Waals surface area (Å²) in [5.41, 5.74) is 0.389. The second-order valence-electron chi connectivity index (χ2n) is 13.6. The van der Waals surface area contributed by atoms with Gasteiger partial charge in [0.2, 0.25) is 17.7 Å². The van der Waals surface area contributed by atoms with E-state index in [4.69, 9.17) is 42.6 Å². The number of fused-ring (bicyclic) bond motifs is 1. The Morgan fingerprint density at radius 2 is 1.03 bits per heavy atom. The first-order chi connectivity index (χ1) is 28.9. The van der Waals surface area contributed by atoms with E-state index < -0.39 is 29.7 Å². The smallest absolute Gasteiger partial charge is 0.264 e. The highest BCUT2D eigenvalue weighted by atomic mass is 127. The van der Waals surface area contributed by atoms with E-state index >= 15 is 0 Å². The van der Waals surface area contributed by atoms with Gasteiger partial charge in [-0.05, 0) is 48.7 Å². The van der Waals surface area contributed by atoms with Crippen LogP contribution in [0.15, 0.2) is 18.2 Å². The van der Waals surface area contributed by atoms with Gasteiger partial charge in [-0.1, -0.05) is 47.9 Å². The van der Waals surface area contributed by atoms with Crippen molar-refractivity contribution in [3.63, 3.8) is 0 Å². The van der Waals surface area contributed by atoms with Crippen LogP contribution in [0.1, 0.15) is 84.9 Å². The zero-order chi connectivity index (χ0) is 42.2. The summed E-state index contributed by atoms with van der Waals surface area (Å²) in [6, 6.07) is 3.54. The third kappa shape index (κ3) is 21.6. The SMILES string of the molecule is O=C1CCC(N2C(=O)c3cccc(NC(=O)CCCCCOCCOCCOCCOCCOCCOCCOCCOCCOCCCCCCI)c3C2=O)C(=O)N1. The number of alkyl halides is 1. The summed E-state index contributed by atoms with van der Waals surface area (Å²) in [4.78, 5) is 63.6. The van der Waals surface area contributed by atoms with Gasteiger partial charge in [0.25, 0.3) is 11.8 Å². The number of halogens is 1. The number of amides is 5. The van der Waals surface area contributed by atoms with E-state index in [1.54, 1.807) is 12.1 Å². The van der Waals surface area contributed by atoms with E-state index in [9.17, 15) is 24.0 Å². The van der Waals surface area contributed by atoms with Gasteiger partial charge in [-0.3, -0.25) is 34.2 Å². The quantitative estimate of drug-likeness (QED) is 0.0421. The Balaban J connectivity index is 1.01. The van der Waals surface area contributed by atoms with Gasteiger partial charge >= 0.3 is 0 Å². The van der Waals surface area contributed by atoms with Gasteiger partial charge in [-0.15, -0.1) is 0 Å². The van der Waals surface area contributed by atoms with Crippen LogP contribution in [-0.2, 0) is 57.0 Å². The molecule has 5 amide bonds. The van der Waals surface area contributed by atoms with E-state index in [2.05, 4.69) is 33.2 Å². The molecule has 2 aliphatic heterocycles. The van der Waals surface area contributed by atoms with Gasteiger partial charge in [0.1, 0.15) is 6.04 Å². The highest BCUT2D eigenvalue weighted by Gasteiger charge is 2.45. The highest BCUT2D eigenvalue weighted by molar-refractivity contribution is 14.1. The molecule has 2 N–H and O–H groups in total. The second-order valence-corrected chi connectivity index (χ2v) is 14.7. The van der Waals surface area contributed by atoms with Crippen molar-refractivity contribution in [2.24, 2.45) is 0 Å². The molecule has 17 nitrogen and oxygen atoms in total. The molecule has 3 rings (SSSR count). The molecule has 2 heterocycles. The van der Waals surface area contributed by atoms with Gasteiger partial charge in [0.15, 0.2) is 0 Å². The van der Waals surface area contributed by atoms with Crippen molar-refractivity contribution in [3.05, 3.63) is 29.3 Å². The van der Waals surface area contributed by atoms with Gasteiger partial charge in [-0.2, -0.15) is 0 Å². The van der Waals surface area contributed by atoms with Crippen LogP contribution in [0.25, 0.3) is 0 Å². The highest BCUT2D eigenvalue weighted by Crippen LogP contribution is 2.32. The Labute approximate surface area is 361 Å². The van der Waals surface area contributed by atoms with E-state index in [0.717, 1.165) is 30.8 Å². The van der Waals surface area contributed by atoms with Crippen LogP contribution >= 0.6 is 22.6 Å². The predicted octanol–water partition coefficient (Wildman–Crippen LogP) is 3.73. The number of piperidine rings is 1. The molecule has 2 aliphatic rings. The Morgan fingerprint density at radius 3 is 1.49 bits per heavy atom. The number of imide groups is 2. The zero-order valence-corrected chi connectivity index (χ0v) is 36.5. The van der Waals surface area contributed by atoms with Crippen LogP contribution < -0.4 is 10.6 Å². The monoisotopic (exact) mass is 949 g/mol. The average molecular weight is 950 g/mol. The van der Waals surface area contributed by atoms with Gasteiger partial charge in [0, 0.05) is 26.1 Å². The molecule has 0 aromatic heterocycles. The molecule has 59 heavy (non-hydrogen) atoms. The van der Waals surface area contributed by atoms with Crippen LogP contribution in [0.3, 0.4) is 0 Å². The summed E-state index contributed by atoms with van der Waals surface area (Å²) in [6.45, 7) is 9.37. The van der Waals surface area contributed by atoms with Gasteiger partial charge in [0.05, 0.1) is 123 Å². The van der Waals surface area contributed by atoms with Crippen molar-refractivity contribution in [3.8, 4) is 0 Å². The number of carbonyl (C=O) groups is 5. The molecule has 1 fully saturated rings. The van der Waals surface area contributed by atoms with Crippen LogP contribution in [0.4, 0.5) is 5.69 Å². The lowest BCUT2D eigenvalue weighted by Crippen LogP contribution is -2.54. The molecule has 1 aromatic rings. The molecule has 0 bridgehead atoms. The van der Waals surface area contributed by atoms with Crippen molar-refractivity contribution in [2.75, 3.05) is 129 Å². The summed E-state index contributed by atoms with van der Waals surface area (Å²) in [7, 11) is 0. The number of hydrogen-bond acceptors (Lipinski definition) is 14. The van der Waals surface area contributed by atoms with Crippen LogP contribution in [-0.4, -0.2) is 164 Å². The maximum atomic E-state index is 13.2. The second kappa shape index (κ2) is 33.0. The number of nitrogens with one attached hydrogen (secondary N) is 2. The number of carbonyl (C=O) groups excluding carboxylic acids is 5. The Kier molecular flexibility index (Phi) is 28.4. The van der Waals surface area contributed by atoms with Crippen molar-refractivity contribution in [1.82, 2.24) is 10.2 Å². The molecule has 1 saturated heterocycles. The molecule has 1 aromatic carbocycles. The average Bonchev–Trinajstić information content (AvgIpc) is 3.48. The summed E-state index contributed by atoms with van der Waals surface area (Å²) in [6.07, 6.45) is 7.39. The van der Waals surface area contributed by atoms with E-state index in [-0.39, 0.29) is 42.0 Å². The lowest BCUT2D eigenvalue weighted by molar-refractivity contribution is -0.136. The fraction of sp³-hybridized carbons (Fsp3) is 0.732. The largest absolute Gasteiger partial charge is 0.379 e. The summed E-state index contributed by atoms with van der Waals surface area (Å²) >= 11 is 2.41. The minimum atomic E-state index is -1.07. The van der Waals surface area contributed by atoms with Crippen LogP contribution in [0.2, 0.25) is 0 Å². The first kappa shape index (κ1) is 50.7. The van der Waals surface area contributed by atoms with E-state index in [1.165, 1.54) is 29.8 Å². The van der Waals surface area contributed by atoms with Crippen molar-refractivity contribution in [1.29, 1.82) is 0 Å². The maximum absolute atomic E-state index is 13.2. The fourth-order valence-electron chi connectivity index (χ4n) is 6.01. The van der Waals surface area contributed by atoms with Crippen molar-refractivity contribution >= 4 is 57.8 Å². The predicted molar refractivity (Wildman–Crippen MR) is 225 cm³/mol. The molecule has 0 spiro atoms. The summed E-state index contributed by atoms with van der Waals surface area (Å²) in [5.74, 6) is -2.71. The van der Waals surface area contributed by atoms with Crippen molar-refractivity contribution in [2.45, 2.75) is 70.3 Å². The van der Waals surface area contributed by atoms with E-state index in [1.807, 2.05) is 0 Å². The molecule has 334 valence electrons. The Hall–Kier alpha value is -2.66. The standard InChI is InChI=1S/C41H64IN3O14/c42-14-5-1-2-6-15-51-17-19-53-21-23-55-25-27-57-29-31-59-32-30-58-28-26-56-24-22-54-20-18-52-16-7-3-4-11-36(46)43-34-10-8-9-33-38(34)41(50)45(40(33)49)35-12-13-37(47)44-39(35)48/h8-10,35H,1-7,11-32H2,(H,43,46)(H,44,47,48). The number of benzene rings is 1. The first-order valence-electron chi connectivity index (χ1n) is 20.8. The number of hydrogen-bond donors (Lipinski definition) is 2. The third-order valence-electron chi connectivity index (χ3n) is 9.08. The lowest BCUT2D eigenvalue weighted by Gasteiger charge is -2.27. The maximum Gasteiger partial charge on any atom is 0.264 e. The normalized spacial score (nSPS) is 15.3. The number of unbranched alkanes of at least 4 members (excludes halogenated alkanes) is 5. The molecule has 1 unspecified atom stereocenters. The van der Waals surface area contributed by atoms with Gasteiger partial charge in [-0.25, -0.2) is 0 Å². The summed E-state index contributed by atoms with van der Waals surface area (Å²) in [5, 5.41) is 4.91. The molecular formula is C41H64IN3O14. The number of ether oxygens (including phenoxy) is 9. The first-order valence-corrected chi connectivity index (χ1v) is 22.4. The molecular weight excluding hydrogens is 885 g/mol. The zero-order valence-electron chi connectivity index (χ0n) is 34.4. The fourth-order valence-corrected chi connectivity index (χ4v) is 6.55. The van der Waals surface area contributed by atoms with E-state index in [0.29, 0.717) is 119 Å². The molecule has 0 radical (unpaired) electrons. The van der Waals surface area contributed by atoms with Gasteiger partial charge < -0.3 is 47.9 Å². The third-order valence-corrected chi connectivity index (χ3v) is 9.85. The molecule has 1 atom stereocenters. The van der Waals surface area contributed by atoms with Crippen LogP contribution in [0.5, 0.6) is 0 Å². The Bertz CT molecular complexity index is 1370. The lowest BCUT2D eigenvalue weighted by atomic mass is 10.0. The minimum absolute atomic E-state index is 0.0299. The topological polar surface area (TPSA) is 196 Å². The van der Waals surface area contributed by atoms with Crippen LogP contribution in [0, 0.1) is 0 Å². The molecule has 0 aliphatic carbocycles. The van der Waals surface area contributed by atoms with Crippen molar-refractivity contribution < 1.29 is 66.6 Å². The number of nitrogens with zero attached hydrogens (tertiary/aromatic N) is 1. The molecule has 18 heteroatoms. The summed E-state index contributed by atoms with van der Waals surface area (Å²) < 4.78 is 50.9. The Morgan fingerprint density at radius 1 is 0.593 bits per heavy atom. The number of anilines is 1. The number of rotatable bonds is 38. The molecule has 0 saturated carbocycles. The minimum Gasteiger partial charge on any atom is -0.379 e.